The van der Waals surface area contributed by atoms with E-state index in [1.807, 2.05) is 0 Å². The molecule has 4 nitrogen and oxygen atoms in total. The van der Waals surface area contributed by atoms with Gasteiger partial charge in [-0.2, -0.15) is 0 Å². The van der Waals surface area contributed by atoms with Gasteiger partial charge < -0.3 is 18.3 Å². The Morgan fingerprint density at radius 1 is 0.107 bits per heavy atom. The van der Waals surface area contributed by atoms with E-state index in [1.54, 1.807) is 0 Å². The van der Waals surface area contributed by atoms with Crippen molar-refractivity contribution in [2.45, 2.75) is 0 Å². The van der Waals surface area contributed by atoms with Gasteiger partial charge in [-0.15, -0.1) is 0 Å². The highest BCUT2D eigenvalue weighted by molar-refractivity contribution is 6.15. The van der Waals surface area contributed by atoms with Crippen molar-refractivity contribution >= 4 is 87.2 Å². The summed E-state index contributed by atoms with van der Waals surface area (Å²) < 4.78 is 9.63. The molecule has 0 radical (unpaired) electrons. The lowest BCUT2D eigenvalue weighted by atomic mass is 9.94. The zero-order chi connectivity index (χ0) is 74.0. The minimum absolute atomic E-state index is 1.15. The van der Waals surface area contributed by atoms with Crippen LogP contribution < -0.4 is 0 Å². The molecule has 0 aliphatic heterocycles. The largest absolute Gasteiger partial charge is 0.309 e. The third kappa shape index (κ3) is 11.6. The molecule has 524 valence electrons. The first-order valence-electron chi connectivity index (χ1n) is 38.5. The first-order chi connectivity index (χ1) is 55.5. The van der Waals surface area contributed by atoms with E-state index in [0.717, 1.165) is 22.7 Å². The molecule has 4 aromatic heterocycles. The first-order valence-corrected chi connectivity index (χ1v) is 38.5. The van der Waals surface area contributed by atoms with E-state index in [1.165, 1.54) is 176 Å². The third-order valence-corrected chi connectivity index (χ3v) is 22.6. The number of fused-ring (bicyclic) bond motifs is 12. The van der Waals surface area contributed by atoms with Gasteiger partial charge in [0.15, 0.2) is 0 Å². The molecule has 22 aromatic rings. The topological polar surface area (TPSA) is 19.7 Å². The van der Waals surface area contributed by atoms with Crippen LogP contribution in [0.5, 0.6) is 0 Å². The van der Waals surface area contributed by atoms with Crippen LogP contribution in [-0.2, 0) is 0 Å². The second kappa shape index (κ2) is 27.7. The Morgan fingerprint density at radius 3 is 0.688 bits per heavy atom. The summed E-state index contributed by atoms with van der Waals surface area (Å²) in [4.78, 5) is 0. The zero-order valence-corrected chi connectivity index (χ0v) is 61.4. The highest BCUT2D eigenvalue weighted by Gasteiger charge is 2.21. The quantitative estimate of drug-likeness (QED) is 0.116. The second-order valence-electron chi connectivity index (χ2n) is 29.1. The number of rotatable bonds is 12. The van der Waals surface area contributed by atoms with E-state index in [9.17, 15) is 0 Å². The molecule has 4 heteroatoms. The monoisotopic (exact) mass is 1420 g/mol. The Hall–Kier alpha value is -14.8. The molecule has 18 aromatic carbocycles. The van der Waals surface area contributed by atoms with Gasteiger partial charge in [0.05, 0.1) is 44.1 Å². The third-order valence-electron chi connectivity index (χ3n) is 22.6. The molecule has 0 spiro atoms. The standard InChI is InChI=1S/2C54H36N2/c1-3-13-37(14-4-1)40-17-11-18-41(33-40)39-25-29-45(30-26-39)55-51-23-9-7-21-47(51)49-35-43(27-31-53(49)55)44-28-32-54-50(36-44)48-22-8-10-24-52(48)56(54)46-20-12-19-42(34-46)38-15-5-2-6-16-38;1-3-15-37(16-4-1)39-19-13-21-43(33-39)55-51-27-11-9-25-47(51)49-35-40(29-31-53(49)55)41-30-32-54-50(36-41)48-26-10-12-28-52(48)56(54)44-22-14-20-42(34-44)46-24-8-7-23-45(46)38-17-5-2-6-18-38/h2*1-36H. The number of hydrogen-bond acceptors (Lipinski definition) is 0. The van der Waals surface area contributed by atoms with E-state index in [4.69, 9.17) is 0 Å². The Labute approximate surface area is 649 Å². The van der Waals surface area contributed by atoms with Crippen LogP contribution in [0.25, 0.3) is 199 Å². The maximum absolute atomic E-state index is 2.42. The van der Waals surface area contributed by atoms with E-state index in [-0.39, 0.29) is 0 Å². The average Bonchev–Trinajstić information content (AvgIpc) is 1.60. The number of hydrogen-bond donors (Lipinski definition) is 0. The smallest absolute Gasteiger partial charge is 0.0541 e. The summed E-state index contributed by atoms with van der Waals surface area (Å²) >= 11 is 0. The number of para-hydroxylation sites is 4. The lowest BCUT2D eigenvalue weighted by Gasteiger charge is -2.13. The van der Waals surface area contributed by atoms with Gasteiger partial charge in [-0.25, -0.2) is 0 Å². The first kappa shape index (κ1) is 65.5. The Bertz CT molecular complexity index is 7340. The maximum atomic E-state index is 2.42. The number of nitrogens with zero attached hydrogens (tertiary/aromatic N) is 4. The lowest BCUT2D eigenvalue weighted by Crippen LogP contribution is -1.95. The minimum Gasteiger partial charge on any atom is -0.309 e. The summed E-state index contributed by atoms with van der Waals surface area (Å²) in [6.45, 7) is 0. The molecule has 0 aliphatic carbocycles. The van der Waals surface area contributed by atoms with Crippen LogP contribution in [0.4, 0.5) is 0 Å². The van der Waals surface area contributed by atoms with Crippen LogP contribution in [-0.4, -0.2) is 18.3 Å². The van der Waals surface area contributed by atoms with E-state index in [2.05, 4.69) is 455 Å². The summed E-state index contributed by atoms with van der Waals surface area (Å²) in [6.07, 6.45) is 0. The van der Waals surface area contributed by atoms with E-state index >= 15 is 0 Å². The lowest BCUT2D eigenvalue weighted by molar-refractivity contribution is 1.18. The highest BCUT2D eigenvalue weighted by Crippen LogP contribution is 2.44. The summed E-state index contributed by atoms with van der Waals surface area (Å²) in [5, 5.41) is 9.99. The Balaban J connectivity index is 0.000000141. The van der Waals surface area contributed by atoms with Crippen LogP contribution >= 0.6 is 0 Å². The molecule has 0 aliphatic rings. The van der Waals surface area contributed by atoms with Gasteiger partial charge in [0.2, 0.25) is 0 Å². The molecule has 112 heavy (non-hydrogen) atoms. The second-order valence-corrected chi connectivity index (χ2v) is 29.1. The van der Waals surface area contributed by atoms with Gasteiger partial charge in [-0.05, 0) is 216 Å². The van der Waals surface area contributed by atoms with Crippen molar-refractivity contribution in [1.29, 1.82) is 0 Å². The van der Waals surface area contributed by atoms with Crippen molar-refractivity contribution in [3.05, 3.63) is 437 Å². The van der Waals surface area contributed by atoms with Crippen LogP contribution in [0.1, 0.15) is 0 Å². The number of aromatic nitrogens is 4. The number of benzene rings is 18. The van der Waals surface area contributed by atoms with Crippen molar-refractivity contribution in [2.75, 3.05) is 0 Å². The van der Waals surface area contributed by atoms with Gasteiger partial charge in [0.25, 0.3) is 0 Å². The Kier molecular flexibility index (Phi) is 16.2. The molecule has 0 atom stereocenters. The van der Waals surface area contributed by atoms with Crippen molar-refractivity contribution in [2.24, 2.45) is 0 Å². The molecule has 0 fully saturated rings. The van der Waals surface area contributed by atoms with Crippen molar-refractivity contribution in [3.63, 3.8) is 0 Å². The van der Waals surface area contributed by atoms with Crippen molar-refractivity contribution in [3.8, 4) is 112 Å². The maximum Gasteiger partial charge on any atom is 0.0541 e. The minimum atomic E-state index is 1.15. The molecule has 22 rings (SSSR count). The predicted molar refractivity (Wildman–Crippen MR) is 474 cm³/mol. The molecule has 0 unspecified atom stereocenters. The van der Waals surface area contributed by atoms with Crippen LogP contribution in [0.15, 0.2) is 437 Å². The van der Waals surface area contributed by atoms with Crippen molar-refractivity contribution < 1.29 is 0 Å². The van der Waals surface area contributed by atoms with Crippen molar-refractivity contribution in [1.82, 2.24) is 18.3 Å². The molecular weight excluding hydrogens is 1350 g/mol. The molecule has 0 amide bonds. The summed E-state index contributed by atoms with van der Waals surface area (Å²) in [7, 11) is 0. The fraction of sp³-hybridized carbons (Fsp3) is 0. The SMILES string of the molecule is c1ccc(-c2cccc(-c3ccc(-n4c5ccccc5c5cc(-c6ccc7c(c6)c6ccccc6n7-c6cccc(-c7ccccc7)c6)ccc54)cc3)c2)cc1.c1ccc(-c2cccc(-n3c4ccccc4c4cc(-c5ccc6c(c5)c5ccccc5n6-c5cccc(-c6ccccc6-c6ccccc6)c5)ccc43)c2)cc1. The van der Waals surface area contributed by atoms with Gasteiger partial charge in [0.1, 0.15) is 0 Å². The van der Waals surface area contributed by atoms with Gasteiger partial charge in [-0.1, -0.05) is 309 Å². The molecule has 4 heterocycles. The fourth-order valence-corrected chi connectivity index (χ4v) is 17.4. The summed E-state index contributed by atoms with van der Waals surface area (Å²) in [5.74, 6) is 0. The average molecular weight is 1430 g/mol. The van der Waals surface area contributed by atoms with E-state index in [0.29, 0.717) is 0 Å². The van der Waals surface area contributed by atoms with Gasteiger partial charge in [-0.3, -0.25) is 0 Å². The normalized spacial score (nSPS) is 11.6. The molecule has 0 N–H and O–H groups in total. The summed E-state index contributed by atoms with van der Waals surface area (Å²) in [5.41, 5.74) is 33.7. The van der Waals surface area contributed by atoms with Gasteiger partial charge >= 0.3 is 0 Å². The van der Waals surface area contributed by atoms with E-state index < -0.39 is 0 Å². The summed E-state index contributed by atoms with van der Waals surface area (Å²) in [6, 6.07) is 159. The molecule has 0 saturated carbocycles. The molecule has 0 saturated heterocycles. The predicted octanol–water partition coefficient (Wildman–Crippen LogP) is 29.1. The van der Waals surface area contributed by atoms with Crippen LogP contribution in [0.3, 0.4) is 0 Å². The fourth-order valence-electron chi connectivity index (χ4n) is 17.4. The highest BCUT2D eigenvalue weighted by atomic mass is 15.0. The molecule has 0 bridgehead atoms. The Morgan fingerprint density at radius 2 is 0.330 bits per heavy atom. The van der Waals surface area contributed by atoms with Gasteiger partial charge in [0, 0.05) is 65.8 Å². The molecular formula is C108H72N4. The zero-order valence-electron chi connectivity index (χ0n) is 61.4. The van der Waals surface area contributed by atoms with Crippen LogP contribution in [0, 0.1) is 0 Å². The van der Waals surface area contributed by atoms with Crippen LogP contribution in [0.2, 0.25) is 0 Å².